The summed E-state index contributed by atoms with van der Waals surface area (Å²) in [6.07, 6.45) is 0.835. The third-order valence-corrected chi connectivity index (χ3v) is 2.96. The number of carbonyl (C=O) groups excluding carboxylic acids is 1. The average Bonchev–Trinajstić information content (AvgIpc) is 2.50. The van der Waals surface area contributed by atoms with Crippen molar-refractivity contribution in [3.63, 3.8) is 0 Å². The standard InChI is InChI=1S/C17H16O3/c1-19-16-10-9-14-11-13(7-8-15(14)12-16)5-3-4-6-17(18)20-2/h7-12H,4,6H2,1-2H3. The van der Waals surface area contributed by atoms with Crippen molar-refractivity contribution < 1.29 is 14.3 Å². The zero-order chi connectivity index (χ0) is 14.4. The minimum absolute atomic E-state index is 0.232. The molecule has 0 unspecified atom stereocenters. The Morgan fingerprint density at radius 3 is 2.60 bits per heavy atom. The number of rotatable bonds is 3. The highest BCUT2D eigenvalue weighted by Gasteiger charge is 1.98. The van der Waals surface area contributed by atoms with Crippen molar-refractivity contribution in [2.75, 3.05) is 14.2 Å². The number of esters is 1. The normalized spacial score (nSPS) is 9.70. The Kier molecular flexibility index (Phi) is 4.62. The van der Waals surface area contributed by atoms with Crippen molar-refractivity contribution in [2.24, 2.45) is 0 Å². The second kappa shape index (κ2) is 6.63. The number of hydrogen-bond donors (Lipinski definition) is 0. The lowest BCUT2D eigenvalue weighted by Crippen LogP contribution is -1.98. The molecule has 0 fully saturated rings. The van der Waals surface area contributed by atoms with Crippen molar-refractivity contribution in [2.45, 2.75) is 12.8 Å². The summed E-state index contributed by atoms with van der Waals surface area (Å²) in [6, 6.07) is 11.9. The van der Waals surface area contributed by atoms with Gasteiger partial charge in [0.1, 0.15) is 5.75 Å². The summed E-state index contributed by atoms with van der Waals surface area (Å²) >= 11 is 0. The summed E-state index contributed by atoms with van der Waals surface area (Å²) in [4.78, 5) is 11.0. The first-order valence-corrected chi connectivity index (χ1v) is 6.36. The second-order valence-electron chi connectivity index (χ2n) is 4.31. The van der Waals surface area contributed by atoms with Crippen LogP contribution in [-0.4, -0.2) is 20.2 Å². The first-order valence-electron chi connectivity index (χ1n) is 6.36. The molecule has 3 heteroatoms. The van der Waals surface area contributed by atoms with Gasteiger partial charge in [0.25, 0.3) is 0 Å². The Balaban J connectivity index is 2.12. The Labute approximate surface area is 118 Å². The molecule has 0 heterocycles. The van der Waals surface area contributed by atoms with Crippen molar-refractivity contribution in [1.29, 1.82) is 0 Å². The lowest BCUT2D eigenvalue weighted by Gasteiger charge is -2.02. The number of hydrogen-bond acceptors (Lipinski definition) is 3. The summed E-state index contributed by atoms with van der Waals surface area (Å²) in [7, 11) is 3.04. The molecule has 0 bridgehead atoms. The monoisotopic (exact) mass is 268 g/mol. The molecular weight excluding hydrogens is 252 g/mol. The molecule has 2 rings (SSSR count). The van der Waals surface area contributed by atoms with Crippen LogP contribution in [0.1, 0.15) is 18.4 Å². The molecule has 0 N–H and O–H groups in total. The van der Waals surface area contributed by atoms with Gasteiger partial charge in [-0.2, -0.15) is 0 Å². The van der Waals surface area contributed by atoms with Crippen LogP contribution in [0, 0.1) is 11.8 Å². The lowest BCUT2D eigenvalue weighted by molar-refractivity contribution is -0.140. The average molecular weight is 268 g/mol. The highest BCUT2D eigenvalue weighted by atomic mass is 16.5. The van der Waals surface area contributed by atoms with E-state index in [0.717, 1.165) is 22.1 Å². The molecule has 0 aromatic heterocycles. The Hall–Kier alpha value is -2.47. The topological polar surface area (TPSA) is 35.5 Å². The van der Waals surface area contributed by atoms with E-state index < -0.39 is 0 Å². The first kappa shape index (κ1) is 14.0. The number of carbonyl (C=O) groups is 1. The van der Waals surface area contributed by atoms with E-state index in [2.05, 4.69) is 16.6 Å². The van der Waals surface area contributed by atoms with Crippen LogP contribution in [0.15, 0.2) is 36.4 Å². The molecule has 0 aliphatic carbocycles. The summed E-state index contributed by atoms with van der Waals surface area (Å²) < 4.78 is 9.76. The van der Waals surface area contributed by atoms with Crippen molar-refractivity contribution in [3.8, 4) is 17.6 Å². The van der Waals surface area contributed by atoms with Gasteiger partial charge in [0, 0.05) is 12.0 Å². The molecule has 0 amide bonds. The lowest BCUT2D eigenvalue weighted by atomic mass is 10.1. The van der Waals surface area contributed by atoms with Crippen LogP contribution in [0.5, 0.6) is 5.75 Å². The second-order valence-corrected chi connectivity index (χ2v) is 4.31. The van der Waals surface area contributed by atoms with E-state index >= 15 is 0 Å². The predicted molar refractivity (Wildman–Crippen MR) is 78.6 cm³/mol. The van der Waals surface area contributed by atoms with Crippen LogP contribution in [0.2, 0.25) is 0 Å². The smallest absolute Gasteiger partial charge is 0.306 e. The van der Waals surface area contributed by atoms with Crippen LogP contribution in [0.4, 0.5) is 0 Å². The maximum absolute atomic E-state index is 11.0. The van der Waals surface area contributed by atoms with Gasteiger partial charge in [0.15, 0.2) is 0 Å². The number of methoxy groups -OCH3 is 2. The van der Waals surface area contributed by atoms with Gasteiger partial charge in [0.05, 0.1) is 20.6 Å². The van der Waals surface area contributed by atoms with Gasteiger partial charge >= 0.3 is 5.97 Å². The van der Waals surface area contributed by atoms with Crippen LogP contribution in [0.25, 0.3) is 10.8 Å². The third-order valence-electron chi connectivity index (χ3n) is 2.96. The van der Waals surface area contributed by atoms with E-state index in [9.17, 15) is 4.79 Å². The zero-order valence-corrected chi connectivity index (χ0v) is 11.6. The fraction of sp³-hybridized carbons (Fsp3) is 0.235. The van der Waals surface area contributed by atoms with E-state index in [1.807, 2.05) is 36.4 Å². The minimum Gasteiger partial charge on any atom is -0.497 e. The van der Waals surface area contributed by atoms with Crippen LogP contribution < -0.4 is 4.74 Å². The fourth-order valence-corrected chi connectivity index (χ4v) is 1.86. The summed E-state index contributed by atoms with van der Waals surface area (Å²) in [6.45, 7) is 0. The number of fused-ring (bicyclic) bond motifs is 1. The largest absolute Gasteiger partial charge is 0.497 e. The molecule has 0 spiro atoms. The Morgan fingerprint density at radius 1 is 1.10 bits per heavy atom. The molecule has 2 aromatic carbocycles. The highest BCUT2D eigenvalue weighted by Crippen LogP contribution is 2.21. The van der Waals surface area contributed by atoms with Gasteiger partial charge in [-0.05, 0) is 35.0 Å². The first-order chi connectivity index (χ1) is 9.72. The molecule has 0 aliphatic heterocycles. The molecular formula is C17H16O3. The molecule has 0 atom stereocenters. The van der Waals surface area contributed by atoms with E-state index in [1.165, 1.54) is 7.11 Å². The summed E-state index contributed by atoms with van der Waals surface area (Å²) in [5.74, 6) is 6.64. The Bertz CT molecular complexity index is 677. The fourth-order valence-electron chi connectivity index (χ4n) is 1.86. The summed E-state index contributed by atoms with van der Waals surface area (Å²) in [5.41, 5.74) is 0.938. The maximum Gasteiger partial charge on any atom is 0.306 e. The van der Waals surface area contributed by atoms with Crippen molar-refractivity contribution in [1.82, 2.24) is 0 Å². The third kappa shape index (κ3) is 3.52. The van der Waals surface area contributed by atoms with Gasteiger partial charge in [0.2, 0.25) is 0 Å². The van der Waals surface area contributed by atoms with Gasteiger partial charge < -0.3 is 9.47 Å². The molecule has 2 aromatic rings. The van der Waals surface area contributed by atoms with Gasteiger partial charge in [-0.1, -0.05) is 24.0 Å². The van der Waals surface area contributed by atoms with E-state index in [0.29, 0.717) is 12.8 Å². The Morgan fingerprint density at radius 2 is 1.85 bits per heavy atom. The molecule has 3 nitrogen and oxygen atoms in total. The van der Waals surface area contributed by atoms with Crippen LogP contribution >= 0.6 is 0 Å². The van der Waals surface area contributed by atoms with Gasteiger partial charge in [-0.3, -0.25) is 4.79 Å². The van der Waals surface area contributed by atoms with Crippen molar-refractivity contribution >= 4 is 16.7 Å². The quantitative estimate of drug-likeness (QED) is 0.633. The van der Waals surface area contributed by atoms with Crippen LogP contribution in [-0.2, 0) is 9.53 Å². The molecule has 0 aliphatic rings. The molecule has 102 valence electrons. The minimum atomic E-state index is -0.232. The molecule has 0 saturated heterocycles. The number of benzene rings is 2. The molecule has 20 heavy (non-hydrogen) atoms. The molecule has 0 saturated carbocycles. The summed E-state index contributed by atoms with van der Waals surface area (Å²) in [5, 5.41) is 2.23. The maximum atomic E-state index is 11.0. The van der Waals surface area contributed by atoms with Gasteiger partial charge in [-0.15, -0.1) is 0 Å². The number of ether oxygens (including phenoxy) is 2. The van der Waals surface area contributed by atoms with E-state index in [-0.39, 0.29) is 5.97 Å². The van der Waals surface area contributed by atoms with Crippen molar-refractivity contribution in [3.05, 3.63) is 42.0 Å². The molecule has 0 radical (unpaired) electrons. The van der Waals surface area contributed by atoms with Crippen LogP contribution in [0.3, 0.4) is 0 Å². The van der Waals surface area contributed by atoms with E-state index in [4.69, 9.17) is 4.74 Å². The van der Waals surface area contributed by atoms with Gasteiger partial charge in [-0.25, -0.2) is 0 Å². The predicted octanol–water partition coefficient (Wildman–Crippen LogP) is 3.15. The van der Waals surface area contributed by atoms with E-state index in [1.54, 1.807) is 7.11 Å². The SMILES string of the molecule is COC(=O)CCC#Cc1ccc2cc(OC)ccc2c1. The zero-order valence-electron chi connectivity index (χ0n) is 11.6. The highest BCUT2D eigenvalue weighted by molar-refractivity contribution is 5.85.